The highest BCUT2D eigenvalue weighted by Gasteiger charge is 2.17. The van der Waals surface area contributed by atoms with E-state index in [1.165, 1.54) is 0 Å². The second-order valence-electron chi connectivity index (χ2n) is 6.23. The van der Waals surface area contributed by atoms with Gasteiger partial charge >= 0.3 is 0 Å². The van der Waals surface area contributed by atoms with Gasteiger partial charge in [0.15, 0.2) is 0 Å². The van der Waals surface area contributed by atoms with E-state index < -0.39 is 11.8 Å². The van der Waals surface area contributed by atoms with Gasteiger partial charge in [0, 0.05) is 10.2 Å². The maximum absolute atomic E-state index is 12.9. The number of halogens is 2. The number of ether oxygens (including phenoxy) is 1. The van der Waals surface area contributed by atoms with Gasteiger partial charge in [0.2, 0.25) is 0 Å². The molecule has 5 nitrogen and oxygen atoms in total. The average Bonchev–Trinajstić information content (AvgIpc) is 2.75. The Bertz CT molecular complexity index is 1080. The number of rotatable bonds is 6. The largest absolute Gasteiger partial charge is 0.497 e. The highest BCUT2D eigenvalue weighted by Crippen LogP contribution is 2.19. The molecule has 0 aliphatic carbocycles. The molecule has 3 rings (SSSR count). The summed E-state index contributed by atoms with van der Waals surface area (Å²) in [6.07, 6.45) is 1.60. The van der Waals surface area contributed by atoms with E-state index in [1.54, 1.807) is 61.7 Å². The van der Waals surface area contributed by atoms with E-state index in [4.69, 9.17) is 16.3 Å². The molecule has 0 unspecified atom stereocenters. The molecule has 152 valence electrons. The smallest absolute Gasteiger partial charge is 0.272 e. The number of benzene rings is 3. The van der Waals surface area contributed by atoms with E-state index >= 15 is 0 Å². The zero-order valence-corrected chi connectivity index (χ0v) is 18.3. The van der Waals surface area contributed by atoms with Crippen LogP contribution in [-0.2, 0) is 4.79 Å². The lowest BCUT2D eigenvalue weighted by Gasteiger charge is -2.12. The molecule has 0 aliphatic heterocycles. The molecule has 2 N–H and O–H groups in total. The number of nitrogens with one attached hydrogen (secondary N) is 2. The lowest BCUT2D eigenvalue weighted by Crippen LogP contribution is -2.30. The second-order valence-corrected chi connectivity index (χ2v) is 7.55. The molecule has 0 radical (unpaired) electrons. The van der Waals surface area contributed by atoms with Gasteiger partial charge < -0.3 is 15.4 Å². The van der Waals surface area contributed by atoms with Crippen LogP contribution in [-0.4, -0.2) is 18.9 Å². The van der Waals surface area contributed by atoms with Crippen molar-refractivity contribution in [2.24, 2.45) is 0 Å². The summed E-state index contributed by atoms with van der Waals surface area (Å²) >= 11 is 9.50. The van der Waals surface area contributed by atoms with Crippen LogP contribution in [0.5, 0.6) is 5.75 Å². The minimum Gasteiger partial charge on any atom is -0.497 e. The van der Waals surface area contributed by atoms with Gasteiger partial charge in [-0.2, -0.15) is 0 Å². The Morgan fingerprint density at radius 1 is 0.967 bits per heavy atom. The van der Waals surface area contributed by atoms with Crippen molar-refractivity contribution in [1.82, 2.24) is 5.32 Å². The first-order valence-corrected chi connectivity index (χ1v) is 10.1. The number of methoxy groups -OCH3 is 1. The van der Waals surface area contributed by atoms with Crippen molar-refractivity contribution < 1.29 is 14.3 Å². The molecule has 0 heterocycles. The first-order valence-electron chi connectivity index (χ1n) is 8.95. The second kappa shape index (κ2) is 10.1. The van der Waals surface area contributed by atoms with Gasteiger partial charge in [0.05, 0.1) is 17.7 Å². The van der Waals surface area contributed by atoms with Crippen LogP contribution in [0.3, 0.4) is 0 Å². The fourth-order valence-corrected chi connectivity index (χ4v) is 3.08. The van der Waals surface area contributed by atoms with Crippen molar-refractivity contribution in [2.45, 2.75) is 0 Å². The van der Waals surface area contributed by atoms with Gasteiger partial charge in [0.25, 0.3) is 11.8 Å². The molecule has 0 atom stereocenters. The van der Waals surface area contributed by atoms with Crippen molar-refractivity contribution >= 4 is 51.1 Å². The van der Waals surface area contributed by atoms with E-state index in [9.17, 15) is 9.59 Å². The quantitative estimate of drug-likeness (QED) is 0.452. The standard InChI is InChI=1S/C23H18BrClN2O3/c1-30-18-12-10-17(11-13-18)26-23(29)21(14-15-6-8-16(24)9-7-15)27-22(28)19-4-2-3-5-20(19)25/h2-14H,1H3,(H,26,29)(H,27,28)/b21-14+. The predicted octanol–water partition coefficient (Wildman–Crippen LogP) is 5.52. The van der Waals surface area contributed by atoms with Crippen LogP contribution >= 0.6 is 27.5 Å². The number of carbonyl (C=O) groups excluding carboxylic acids is 2. The molecular weight excluding hydrogens is 468 g/mol. The Balaban J connectivity index is 1.88. The van der Waals surface area contributed by atoms with Crippen molar-refractivity contribution in [2.75, 3.05) is 12.4 Å². The van der Waals surface area contributed by atoms with Gasteiger partial charge in [0.1, 0.15) is 11.4 Å². The summed E-state index contributed by atoms with van der Waals surface area (Å²) in [5.41, 5.74) is 1.67. The normalized spacial score (nSPS) is 11.0. The average molecular weight is 486 g/mol. The number of amides is 2. The lowest BCUT2D eigenvalue weighted by atomic mass is 10.1. The third kappa shape index (κ3) is 5.72. The molecule has 3 aromatic carbocycles. The third-order valence-electron chi connectivity index (χ3n) is 4.14. The van der Waals surface area contributed by atoms with Crippen LogP contribution in [0.25, 0.3) is 6.08 Å². The van der Waals surface area contributed by atoms with Gasteiger partial charge in [-0.3, -0.25) is 9.59 Å². The summed E-state index contributed by atoms with van der Waals surface area (Å²) in [5, 5.41) is 5.75. The van der Waals surface area contributed by atoms with Crippen LogP contribution in [0.2, 0.25) is 5.02 Å². The van der Waals surface area contributed by atoms with Crippen LogP contribution in [0.4, 0.5) is 5.69 Å². The van der Waals surface area contributed by atoms with Crippen molar-refractivity contribution in [3.05, 3.63) is 99.1 Å². The van der Waals surface area contributed by atoms with E-state index in [0.717, 1.165) is 10.0 Å². The Hall–Kier alpha value is -3.09. The fraction of sp³-hybridized carbons (Fsp3) is 0.0435. The molecule has 0 fully saturated rings. The molecule has 2 amide bonds. The van der Waals surface area contributed by atoms with Gasteiger partial charge in [-0.1, -0.05) is 51.8 Å². The Kier molecular flexibility index (Phi) is 7.27. The highest BCUT2D eigenvalue weighted by molar-refractivity contribution is 9.10. The maximum atomic E-state index is 12.9. The molecule has 0 saturated carbocycles. The van der Waals surface area contributed by atoms with Crippen LogP contribution in [0, 0.1) is 0 Å². The third-order valence-corrected chi connectivity index (χ3v) is 5.00. The summed E-state index contributed by atoms with van der Waals surface area (Å²) in [7, 11) is 1.57. The van der Waals surface area contributed by atoms with E-state index in [0.29, 0.717) is 16.5 Å². The van der Waals surface area contributed by atoms with Crippen molar-refractivity contribution in [1.29, 1.82) is 0 Å². The van der Waals surface area contributed by atoms with Crippen molar-refractivity contribution in [3.63, 3.8) is 0 Å². The zero-order chi connectivity index (χ0) is 21.5. The van der Waals surface area contributed by atoms with Gasteiger partial charge in [-0.25, -0.2) is 0 Å². The summed E-state index contributed by atoms with van der Waals surface area (Å²) < 4.78 is 6.03. The topological polar surface area (TPSA) is 67.4 Å². The minimum absolute atomic E-state index is 0.0815. The molecule has 0 spiro atoms. The van der Waals surface area contributed by atoms with Gasteiger partial charge in [-0.15, -0.1) is 0 Å². The first-order chi connectivity index (χ1) is 14.5. The van der Waals surface area contributed by atoms with Gasteiger partial charge in [-0.05, 0) is 60.2 Å². The number of hydrogen-bond acceptors (Lipinski definition) is 3. The summed E-state index contributed by atoms with van der Waals surface area (Å²) in [6, 6.07) is 20.9. The predicted molar refractivity (Wildman–Crippen MR) is 123 cm³/mol. The molecule has 0 aliphatic rings. The van der Waals surface area contributed by atoms with Crippen molar-refractivity contribution in [3.8, 4) is 5.75 Å². The summed E-state index contributed by atoms with van der Waals surface area (Å²) in [5.74, 6) is -0.275. The first kappa shape index (κ1) is 21.6. The van der Waals surface area contributed by atoms with Crippen LogP contribution in [0.15, 0.2) is 83.0 Å². The minimum atomic E-state index is -0.478. The molecule has 0 aromatic heterocycles. The number of anilines is 1. The molecular formula is C23H18BrClN2O3. The van der Waals surface area contributed by atoms with Crippen LogP contribution in [0.1, 0.15) is 15.9 Å². The Morgan fingerprint density at radius 3 is 2.27 bits per heavy atom. The van der Waals surface area contributed by atoms with E-state index in [2.05, 4.69) is 26.6 Å². The SMILES string of the molecule is COc1ccc(NC(=O)/C(=C\c2ccc(Br)cc2)NC(=O)c2ccccc2Cl)cc1. The monoisotopic (exact) mass is 484 g/mol. The Labute approximate surface area is 187 Å². The lowest BCUT2D eigenvalue weighted by molar-refractivity contribution is -0.113. The maximum Gasteiger partial charge on any atom is 0.272 e. The van der Waals surface area contributed by atoms with E-state index in [-0.39, 0.29) is 11.3 Å². The number of hydrogen-bond donors (Lipinski definition) is 2. The summed E-state index contributed by atoms with van der Waals surface area (Å²) in [4.78, 5) is 25.6. The fourth-order valence-electron chi connectivity index (χ4n) is 2.59. The van der Waals surface area contributed by atoms with Crippen LogP contribution < -0.4 is 15.4 Å². The molecule has 0 bridgehead atoms. The molecule has 3 aromatic rings. The Morgan fingerprint density at radius 2 is 1.63 bits per heavy atom. The molecule has 0 saturated heterocycles. The molecule has 30 heavy (non-hydrogen) atoms. The zero-order valence-electron chi connectivity index (χ0n) is 16.0. The highest BCUT2D eigenvalue weighted by atomic mass is 79.9. The number of carbonyl (C=O) groups is 2. The van der Waals surface area contributed by atoms with E-state index in [1.807, 2.05) is 24.3 Å². The molecule has 7 heteroatoms. The summed E-state index contributed by atoms with van der Waals surface area (Å²) in [6.45, 7) is 0.